The molecule has 2 aliphatic heterocycles. The molecule has 2 fully saturated rings. The first-order chi connectivity index (χ1) is 16.8. The number of aryl methyl sites for hydroxylation is 1. The van der Waals surface area contributed by atoms with Gasteiger partial charge in [-0.3, -0.25) is 4.79 Å². The molecule has 3 aliphatic rings. The zero-order chi connectivity index (χ0) is 24.3. The smallest absolute Gasteiger partial charge is 0.318 e. The second-order valence-corrected chi connectivity index (χ2v) is 10.6. The number of amides is 3. The van der Waals surface area contributed by atoms with Gasteiger partial charge < -0.3 is 15.1 Å². The quantitative estimate of drug-likeness (QED) is 0.602. The number of hydrogen-bond acceptors (Lipinski definition) is 3. The first-order valence-electron chi connectivity index (χ1n) is 12.5. The molecule has 1 N–H and O–H groups in total. The second kappa shape index (κ2) is 7.97. The van der Waals surface area contributed by atoms with E-state index in [1.807, 2.05) is 91.0 Å². The third kappa shape index (κ3) is 3.61. The Morgan fingerprint density at radius 2 is 1.63 bits per heavy atom. The highest BCUT2D eigenvalue weighted by atomic mass is 16.2. The summed E-state index contributed by atoms with van der Waals surface area (Å²) in [6.07, 6.45) is 2.26. The van der Waals surface area contributed by atoms with Crippen LogP contribution in [0.15, 0.2) is 60.7 Å². The van der Waals surface area contributed by atoms with Crippen LogP contribution >= 0.6 is 0 Å². The van der Waals surface area contributed by atoms with Gasteiger partial charge in [-0.25, -0.2) is 9.48 Å². The summed E-state index contributed by atoms with van der Waals surface area (Å²) in [7, 11) is 0. The second-order valence-electron chi connectivity index (χ2n) is 10.6. The van der Waals surface area contributed by atoms with Crippen molar-refractivity contribution in [2.45, 2.75) is 51.2 Å². The molecular weight excluding hydrogens is 438 g/mol. The van der Waals surface area contributed by atoms with E-state index in [0.717, 1.165) is 35.3 Å². The van der Waals surface area contributed by atoms with Crippen LogP contribution in [0.3, 0.4) is 0 Å². The van der Waals surface area contributed by atoms with Crippen LogP contribution in [0.25, 0.3) is 5.69 Å². The zero-order valence-corrected chi connectivity index (χ0v) is 20.4. The van der Waals surface area contributed by atoms with E-state index < -0.39 is 5.54 Å². The summed E-state index contributed by atoms with van der Waals surface area (Å²) in [5.74, 6) is 0.517. The number of likely N-dealkylation sites (tertiary alicyclic amines) is 1. The van der Waals surface area contributed by atoms with E-state index in [0.29, 0.717) is 24.7 Å². The Kier molecular flexibility index (Phi) is 4.99. The van der Waals surface area contributed by atoms with Gasteiger partial charge in [0.25, 0.3) is 5.91 Å². The van der Waals surface area contributed by atoms with E-state index in [9.17, 15) is 9.59 Å². The molecule has 1 atom stereocenters. The molecule has 35 heavy (non-hydrogen) atoms. The summed E-state index contributed by atoms with van der Waals surface area (Å²) in [6, 6.07) is 19.9. The minimum absolute atomic E-state index is 0.0229. The molecule has 3 heterocycles. The van der Waals surface area contributed by atoms with Gasteiger partial charge in [0.05, 0.1) is 29.0 Å². The van der Waals surface area contributed by atoms with E-state index in [1.165, 1.54) is 0 Å². The van der Waals surface area contributed by atoms with Crippen LogP contribution in [0.5, 0.6) is 0 Å². The topological polar surface area (TPSA) is 70.5 Å². The Morgan fingerprint density at radius 3 is 2.26 bits per heavy atom. The number of aromatic nitrogens is 2. The number of rotatable bonds is 5. The highest BCUT2D eigenvalue weighted by molar-refractivity contribution is 5.99. The maximum absolute atomic E-state index is 13.8. The number of benzene rings is 2. The summed E-state index contributed by atoms with van der Waals surface area (Å²) in [4.78, 5) is 30.7. The van der Waals surface area contributed by atoms with Crippen LogP contribution < -0.4 is 5.32 Å². The number of urea groups is 1. The molecule has 180 valence electrons. The van der Waals surface area contributed by atoms with Crippen LogP contribution in [0.4, 0.5) is 4.79 Å². The van der Waals surface area contributed by atoms with E-state index >= 15 is 0 Å². The molecule has 0 spiro atoms. The summed E-state index contributed by atoms with van der Waals surface area (Å²) in [5.41, 5.74) is 4.18. The zero-order valence-electron chi connectivity index (χ0n) is 20.4. The van der Waals surface area contributed by atoms with Crippen molar-refractivity contribution in [1.29, 1.82) is 0 Å². The number of para-hydroxylation sites is 1. The Labute approximate surface area is 205 Å². The Balaban J connectivity index is 1.21. The van der Waals surface area contributed by atoms with Crippen molar-refractivity contribution in [2.75, 3.05) is 13.1 Å². The fourth-order valence-corrected chi connectivity index (χ4v) is 5.58. The van der Waals surface area contributed by atoms with Gasteiger partial charge in [-0.2, -0.15) is 5.10 Å². The van der Waals surface area contributed by atoms with Crippen LogP contribution in [-0.4, -0.2) is 50.6 Å². The molecule has 3 amide bonds. The molecule has 7 heteroatoms. The molecular formula is C28H31N5O2. The van der Waals surface area contributed by atoms with E-state index in [1.54, 1.807) is 0 Å². The van der Waals surface area contributed by atoms with Gasteiger partial charge in [0.2, 0.25) is 0 Å². The predicted octanol–water partition coefficient (Wildman–Crippen LogP) is 4.42. The van der Waals surface area contributed by atoms with Crippen LogP contribution in [0, 0.1) is 12.8 Å². The van der Waals surface area contributed by atoms with Crippen molar-refractivity contribution < 1.29 is 9.59 Å². The number of hydrogen-bond donors (Lipinski definition) is 1. The Morgan fingerprint density at radius 1 is 1.00 bits per heavy atom. The molecule has 1 aliphatic carbocycles. The lowest BCUT2D eigenvalue weighted by molar-refractivity contribution is 0.0231. The van der Waals surface area contributed by atoms with Gasteiger partial charge in [0, 0.05) is 18.7 Å². The minimum atomic E-state index is -0.476. The highest BCUT2D eigenvalue weighted by Crippen LogP contribution is 2.52. The minimum Gasteiger partial charge on any atom is -0.329 e. The van der Waals surface area contributed by atoms with Gasteiger partial charge in [0.1, 0.15) is 5.69 Å². The maximum atomic E-state index is 13.8. The first kappa shape index (κ1) is 21.9. The molecule has 1 aromatic heterocycles. The van der Waals surface area contributed by atoms with Gasteiger partial charge in [-0.15, -0.1) is 0 Å². The Hall–Kier alpha value is -3.61. The monoisotopic (exact) mass is 469 g/mol. The van der Waals surface area contributed by atoms with Gasteiger partial charge in [-0.1, -0.05) is 48.5 Å². The predicted molar refractivity (Wildman–Crippen MR) is 133 cm³/mol. The number of carbonyl (C=O) groups excluding carboxylic acids is 2. The maximum Gasteiger partial charge on any atom is 0.318 e. The fourth-order valence-electron chi connectivity index (χ4n) is 5.58. The number of nitrogens with zero attached hydrogens (tertiary/aromatic N) is 4. The molecule has 1 saturated carbocycles. The summed E-state index contributed by atoms with van der Waals surface area (Å²) < 4.78 is 1.81. The van der Waals surface area contributed by atoms with Crippen molar-refractivity contribution in [2.24, 2.45) is 5.92 Å². The first-order valence-corrected chi connectivity index (χ1v) is 12.5. The van der Waals surface area contributed by atoms with E-state index in [2.05, 4.69) is 10.2 Å². The highest BCUT2D eigenvalue weighted by Gasteiger charge is 2.53. The normalized spacial score (nSPS) is 20.1. The summed E-state index contributed by atoms with van der Waals surface area (Å²) in [5, 5.41) is 7.92. The van der Waals surface area contributed by atoms with Crippen LogP contribution in [-0.2, 0) is 5.54 Å². The standard InChI is InChI=1S/C28H31N5O2/c1-18-23-24(19-14-15-19)32(26(34)25(23)33(30-18)21-12-8-5-9-13-21)22-16-31(17-22)27(35)29-28(2,3)20-10-6-4-7-11-20/h4-13,19,22,24H,14-17H2,1-3H3,(H,29,35). The molecule has 0 radical (unpaired) electrons. The van der Waals surface area contributed by atoms with Crippen molar-refractivity contribution in [3.8, 4) is 5.69 Å². The van der Waals surface area contributed by atoms with Crippen LogP contribution in [0.2, 0.25) is 0 Å². The number of carbonyl (C=O) groups is 2. The van der Waals surface area contributed by atoms with Crippen molar-refractivity contribution in [1.82, 2.24) is 24.9 Å². The van der Waals surface area contributed by atoms with E-state index in [-0.39, 0.29) is 24.0 Å². The molecule has 1 unspecified atom stereocenters. The van der Waals surface area contributed by atoms with Gasteiger partial charge in [0.15, 0.2) is 0 Å². The van der Waals surface area contributed by atoms with Crippen molar-refractivity contribution in [3.05, 3.63) is 83.2 Å². The third-order valence-corrected chi connectivity index (χ3v) is 7.67. The third-order valence-electron chi connectivity index (χ3n) is 7.67. The molecule has 6 rings (SSSR count). The molecule has 2 aromatic carbocycles. The van der Waals surface area contributed by atoms with E-state index in [4.69, 9.17) is 5.10 Å². The summed E-state index contributed by atoms with van der Waals surface area (Å²) >= 11 is 0. The average molecular weight is 470 g/mol. The van der Waals surface area contributed by atoms with Gasteiger partial charge >= 0.3 is 6.03 Å². The number of nitrogens with one attached hydrogen (secondary N) is 1. The van der Waals surface area contributed by atoms with Crippen LogP contribution in [0.1, 0.15) is 60.0 Å². The van der Waals surface area contributed by atoms with Gasteiger partial charge in [-0.05, 0) is 57.2 Å². The van der Waals surface area contributed by atoms with Crippen molar-refractivity contribution >= 4 is 11.9 Å². The van der Waals surface area contributed by atoms with Crippen molar-refractivity contribution in [3.63, 3.8) is 0 Å². The lowest BCUT2D eigenvalue weighted by atomic mass is 9.94. The lowest BCUT2D eigenvalue weighted by Crippen LogP contribution is -2.65. The molecule has 0 bridgehead atoms. The lowest BCUT2D eigenvalue weighted by Gasteiger charge is -2.47. The SMILES string of the molecule is Cc1nn(-c2ccccc2)c2c1C(C1CC1)N(C1CN(C(=O)NC(C)(C)c3ccccc3)C1)C2=O. The molecule has 3 aromatic rings. The molecule has 1 saturated heterocycles. The summed E-state index contributed by atoms with van der Waals surface area (Å²) in [6.45, 7) is 7.14. The largest absolute Gasteiger partial charge is 0.329 e. The average Bonchev–Trinajstić information content (AvgIpc) is 3.54. The molecule has 7 nitrogen and oxygen atoms in total. The Bertz CT molecular complexity index is 1270. The fraction of sp³-hybridized carbons (Fsp3) is 0.393. The number of fused-ring (bicyclic) bond motifs is 1.